The van der Waals surface area contributed by atoms with E-state index in [1.54, 1.807) is 0 Å². The van der Waals surface area contributed by atoms with Crippen molar-refractivity contribution in [1.82, 2.24) is 4.90 Å². The van der Waals surface area contributed by atoms with E-state index in [0.717, 1.165) is 19.6 Å². The summed E-state index contributed by atoms with van der Waals surface area (Å²) >= 11 is 8.38. The van der Waals surface area contributed by atoms with Crippen molar-refractivity contribution in [2.24, 2.45) is 5.73 Å². The molecular weight excluding hydrogens is 416 g/mol. The molecular formula is C15H16Br2N2OS. The second-order valence-electron chi connectivity index (χ2n) is 4.59. The monoisotopic (exact) mass is 430 g/mol. The van der Waals surface area contributed by atoms with Crippen LogP contribution in [0.5, 0.6) is 0 Å². The van der Waals surface area contributed by atoms with Gasteiger partial charge in [-0.1, -0.05) is 30.3 Å². The van der Waals surface area contributed by atoms with Gasteiger partial charge in [0.15, 0.2) is 0 Å². The molecule has 0 radical (unpaired) electrons. The Labute approximate surface area is 145 Å². The largest absolute Gasteiger partial charge is 0.334 e. The van der Waals surface area contributed by atoms with E-state index in [1.807, 2.05) is 41.3 Å². The smallest absolute Gasteiger partial charge is 0.256 e. The summed E-state index contributed by atoms with van der Waals surface area (Å²) < 4.78 is 1.79. The molecule has 1 heterocycles. The van der Waals surface area contributed by atoms with Crippen LogP contribution in [0.3, 0.4) is 0 Å². The Kier molecular flexibility index (Phi) is 6.41. The molecule has 0 spiro atoms. The summed E-state index contributed by atoms with van der Waals surface area (Å²) in [4.78, 5) is 14.6. The molecule has 1 amide bonds. The second kappa shape index (κ2) is 8.08. The first-order valence-electron chi connectivity index (χ1n) is 6.60. The predicted octanol–water partition coefficient (Wildman–Crippen LogP) is 4.26. The number of benzene rings is 1. The molecule has 2 rings (SSSR count). The summed E-state index contributed by atoms with van der Waals surface area (Å²) in [6, 6.07) is 11.9. The van der Waals surface area contributed by atoms with Gasteiger partial charge in [-0.05, 0) is 56.5 Å². The van der Waals surface area contributed by atoms with Crippen LogP contribution in [-0.4, -0.2) is 23.9 Å². The maximum Gasteiger partial charge on any atom is 0.256 e. The number of nitrogens with two attached hydrogens (primary N) is 1. The SMILES string of the molecule is NCCCN(Cc1ccccc1)C(=O)c1cc(Br)sc1Br. The van der Waals surface area contributed by atoms with Gasteiger partial charge in [0.2, 0.25) is 0 Å². The third kappa shape index (κ3) is 4.64. The van der Waals surface area contributed by atoms with Gasteiger partial charge in [0.1, 0.15) is 0 Å². The Balaban J connectivity index is 2.19. The molecule has 0 aliphatic heterocycles. The number of rotatable bonds is 6. The first-order chi connectivity index (χ1) is 10.1. The molecule has 0 fully saturated rings. The van der Waals surface area contributed by atoms with Crippen LogP contribution in [0.15, 0.2) is 44.0 Å². The molecule has 0 unspecified atom stereocenters. The van der Waals surface area contributed by atoms with Crippen molar-refractivity contribution in [2.75, 3.05) is 13.1 Å². The van der Waals surface area contributed by atoms with Crippen LogP contribution in [0.1, 0.15) is 22.3 Å². The number of nitrogens with zero attached hydrogens (tertiary/aromatic N) is 1. The minimum absolute atomic E-state index is 0.0288. The fourth-order valence-corrected chi connectivity index (χ4v) is 4.77. The first kappa shape index (κ1) is 16.7. The van der Waals surface area contributed by atoms with Crippen molar-refractivity contribution in [3.63, 3.8) is 0 Å². The fraction of sp³-hybridized carbons (Fsp3) is 0.267. The molecule has 1 aromatic heterocycles. The van der Waals surface area contributed by atoms with E-state index in [4.69, 9.17) is 5.73 Å². The van der Waals surface area contributed by atoms with Gasteiger partial charge in [0, 0.05) is 13.1 Å². The molecule has 0 aliphatic rings. The van der Waals surface area contributed by atoms with Gasteiger partial charge in [-0.25, -0.2) is 0 Å². The Morgan fingerprint density at radius 3 is 2.52 bits per heavy atom. The van der Waals surface area contributed by atoms with Gasteiger partial charge in [0.25, 0.3) is 5.91 Å². The van der Waals surface area contributed by atoms with Crippen molar-refractivity contribution in [2.45, 2.75) is 13.0 Å². The van der Waals surface area contributed by atoms with Crippen LogP contribution in [0, 0.1) is 0 Å². The average molecular weight is 432 g/mol. The first-order valence-corrected chi connectivity index (χ1v) is 9.00. The van der Waals surface area contributed by atoms with Gasteiger partial charge in [-0.15, -0.1) is 11.3 Å². The van der Waals surface area contributed by atoms with Crippen molar-refractivity contribution in [3.05, 3.63) is 55.1 Å². The van der Waals surface area contributed by atoms with Gasteiger partial charge >= 0.3 is 0 Å². The zero-order chi connectivity index (χ0) is 15.2. The lowest BCUT2D eigenvalue weighted by molar-refractivity contribution is 0.0742. The normalized spacial score (nSPS) is 10.6. The summed E-state index contributed by atoms with van der Waals surface area (Å²) in [6.45, 7) is 1.83. The second-order valence-corrected chi connectivity index (χ2v) is 8.34. The zero-order valence-electron chi connectivity index (χ0n) is 11.4. The minimum atomic E-state index is 0.0288. The van der Waals surface area contributed by atoms with Crippen LogP contribution in [0.4, 0.5) is 0 Å². The maximum absolute atomic E-state index is 12.7. The molecule has 1 aromatic carbocycles. The lowest BCUT2D eigenvalue weighted by Gasteiger charge is -2.22. The Hall–Kier alpha value is -0.690. The molecule has 0 bridgehead atoms. The molecule has 2 N–H and O–H groups in total. The molecule has 0 saturated carbocycles. The Morgan fingerprint density at radius 1 is 1.24 bits per heavy atom. The Morgan fingerprint density at radius 2 is 1.95 bits per heavy atom. The molecule has 21 heavy (non-hydrogen) atoms. The summed E-state index contributed by atoms with van der Waals surface area (Å²) in [5.74, 6) is 0.0288. The number of carbonyl (C=O) groups is 1. The minimum Gasteiger partial charge on any atom is -0.334 e. The number of amides is 1. The predicted molar refractivity (Wildman–Crippen MR) is 94.6 cm³/mol. The highest BCUT2D eigenvalue weighted by Gasteiger charge is 2.20. The van der Waals surface area contributed by atoms with Crippen LogP contribution < -0.4 is 5.73 Å². The molecule has 3 nitrogen and oxygen atoms in total. The van der Waals surface area contributed by atoms with E-state index in [1.165, 1.54) is 11.3 Å². The highest BCUT2D eigenvalue weighted by Crippen LogP contribution is 2.32. The molecule has 112 valence electrons. The highest BCUT2D eigenvalue weighted by molar-refractivity contribution is 9.12. The Bertz CT molecular complexity index is 601. The topological polar surface area (TPSA) is 46.3 Å². The number of halogens is 2. The number of carbonyl (C=O) groups excluding carboxylic acids is 1. The summed E-state index contributed by atoms with van der Waals surface area (Å²) in [6.07, 6.45) is 0.793. The molecule has 0 aliphatic carbocycles. The maximum atomic E-state index is 12.7. The van der Waals surface area contributed by atoms with E-state index in [0.29, 0.717) is 25.2 Å². The van der Waals surface area contributed by atoms with Gasteiger partial charge in [0.05, 0.1) is 13.1 Å². The van der Waals surface area contributed by atoms with Crippen LogP contribution in [0.25, 0.3) is 0 Å². The van der Waals surface area contributed by atoms with E-state index in [2.05, 4.69) is 31.9 Å². The molecule has 0 atom stereocenters. The van der Waals surface area contributed by atoms with Crippen LogP contribution in [0.2, 0.25) is 0 Å². The van der Waals surface area contributed by atoms with Gasteiger partial charge < -0.3 is 10.6 Å². The zero-order valence-corrected chi connectivity index (χ0v) is 15.4. The van der Waals surface area contributed by atoms with Crippen molar-refractivity contribution in [1.29, 1.82) is 0 Å². The molecule has 0 saturated heterocycles. The van der Waals surface area contributed by atoms with Crippen molar-refractivity contribution < 1.29 is 4.79 Å². The number of hydrogen-bond donors (Lipinski definition) is 1. The van der Waals surface area contributed by atoms with Gasteiger partial charge in [-0.3, -0.25) is 4.79 Å². The number of hydrogen-bond acceptors (Lipinski definition) is 3. The third-order valence-corrected chi connectivity index (χ3v) is 5.36. The van der Waals surface area contributed by atoms with E-state index in [9.17, 15) is 4.79 Å². The summed E-state index contributed by atoms with van der Waals surface area (Å²) in [5.41, 5.74) is 7.40. The fourth-order valence-electron chi connectivity index (χ4n) is 1.99. The van der Waals surface area contributed by atoms with Gasteiger partial charge in [-0.2, -0.15) is 0 Å². The number of thiophene rings is 1. The summed E-state index contributed by atoms with van der Waals surface area (Å²) in [5, 5.41) is 0. The lowest BCUT2D eigenvalue weighted by atomic mass is 10.2. The van der Waals surface area contributed by atoms with E-state index >= 15 is 0 Å². The van der Waals surface area contributed by atoms with Crippen molar-refractivity contribution in [3.8, 4) is 0 Å². The highest BCUT2D eigenvalue weighted by atomic mass is 79.9. The van der Waals surface area contributed by atoms with E-state index in [-0.39, 0.29) is 5.91 Å². The third-order valence-electron chi connectivity index (χ3n) is 3.02. The quantitative estimate of drug-likeness (QED) is 0.742. The van der Waals surface area contributed by atoms with Crippen LogP contribution in [-0.2, 0) is 6.54 Å². The lowest BCUT2D eigenvalue weighted by Crippen LogP contribution is -2.32. The van der Waals surface area contributed by atoms with Crippen molar-refractivity contribution >= 4 is 49.1 Å². The standard InChI is InChI=1S/C15H16Br2N2OS/c16-13-9-12(14(17)21-13)15(20)19(8-4-7-18)10-11-5-2-1-3-6-11/h1-3,5-6,9H,4,7-8,10,18H2. The van der Waals surface area contributed by atoms with Crippen LogP contribution >= 0.6 is 43.2 Å². The summed E-state index contributed by atoms with van der Waals surface area (Å²) in [7, 11) is 0. The molecule has 6 heteroatoms. The average Bonchev–Trinajstić information content (AvgIpc) is 2.82. The van der Waals surface area contributed by atoms with E-state index < -0.39 is 0 Å². The molecule has 2 aromatic rings.